The summed E-state index contributed by atoms with van der Waals surface area (Å²) in [4.78, 5) is 0. The Morgan fingerprint density at radius 2 is 0.919 bits per heavy atom. The van der Waals surface area contributed by atoms with Gasteiger partial charge in [0.1, 0.15) is 5.60 Å². The van der Waals surface area contributed by atoms with Gasteiger partial charge in [-0.05, 0) is 47.4 Å². The zero-order valence-electron chi connectivity index (χ0n) is 20.5. The molecule has 0 aliphatic rings. The fourth-order valence-electron chi connectivity index (χ4n) is 4.88. The van der Waals surface area contributed by atoms with E-state index in [4.69, 9.17) is 0 Å². The molecule has 0 amide bonds. The highest BCUT2D eigenvalue weighted by Gasteiger charge is 2.44. The molecule has 0 aromatic heterocycles. The SMILES string of the molecule is O=P(NC(Cc1ccccc1)C(O)(c1ccccc1)c1ccccc1)(c1ccccc1)c1ccccc1. The van der Waals surface area contributed by atoms with Gasteiger partial charge in [0.25, 0.3) is 0 Å². The molecule has 0 fully saturated rings. The first-order valence-corrected chi connectivity index (χ1v) is 14.2. The number of nitrogens with one attached hydrogen (secondary N) is 1. The Morgan fingerprint density at radius 1 is 0.568 bits per heavy atom. The highest BCUT2D eigenvalue weighted by atomic mass is 31.2. The molecule has 3 nitrogen and oxygen atoms in total. The van der Waals surface area contributed by atoms with Crippen molar-refractivity contribution in [2.75, 3.05) is 0 Å². The third kappa shape index (κ3) is 5.21. The molecule has 184 valence electrons. The zero-order chi connectivity index (χ0) is 25.6. The lowest BCUT2D eigenvalue weighted by atomic mass is 9.78. The van der Waals surface area contributed by atoms with Crippen LogP contribution < -0.4 is 15.7 Å². The van der Waals surface area contributed by atoms with E-state index in [2.05, 4.69) is 5.09 Å². The summed E-state index contributed by atoms with van der Waals surface area (Å²) in [6.07, 6.45) is 0.463. The molecule has 2 N–H and O–H groups in total. The molecule has 0 heterocycles. The van der Waals surface area contributed by atoms with Crippen molar-refractivity contribution in [2.24, 2.45) is 0 Å². The molecular formula is C33H30NO2P. The van der Waals surface area contributed by atoms with E-state index in [1.54, 1.807) is 0 Å². The van der Waals surface area contributed by atoms with E-state index in [0.717, 1.165) is 16.7 Å². The first-order chi connectivity index (χ1) is 18.1. The van der Waals surface area contributed by atoms with Gasteiger partial charge in [-0.15, -0.1) is 0 Å². The van der Waals surface area contributed by atoms with E-state index in [1.807, 2.05) is 152 Å². The van der Waals surface area contributed by atoms with Crippen molar-refractivity contribution in [3.05, 3.63) is 168 Å². The predicted octanol–water partition coefficient (Wildman–Crippen LogP) is 6.05. The van der Waals surface area contributed by atoms with Crippen molar-refractivity contribution in [1.29, 1.82) is 0 Å². The first kappa shape index (κ1) is 24.9. The number of benzene rings is 5. The van der Waals surface area contributed by atoms with Crippen LogP contribution in [0.2, 0.25) is 0 Å². The van der Waals surface area contributed by atoms with Crippen LogP contribution in [-0.2, 0) is 16.6 Å². The Hall–Kier alpha value is -3.75. The van der Waals surface area contributed by atoms with Gasteiger partial charge in [0.15, 0.2) is 0 Å². The van der Waals surface area contributed by atoms with E-state index >= 15 is 4.57 Å². The molecule has 0 aliphatic carbocycles. The fraction of sp³-hybridized carbons (Fsp3) is 0.0909. The lowest BCUT2D eigenvalue weighted by Crippen LogP contribution is -2.51. The molecule has 5 aromatic rings. The van der Waals surface area contributed by atoms with Gasteiger partial charge in [-0.1, -0.05) is 127 Å². The topological polar surface area (TPSA) is 49.3 Å². The van der Waals surface area contributed by atoms with Crippen LogP contribution in [-0.4, -0.2) is 11.1 Å². The lowest BCUT2D eigenvalue weighted by molar-refractivity contribution is 0.0455. The molecule has 0 bridgehead atoms. The number of rotatable bonds is 9. The average Bonchev–Trinajstić information content (AvgIpc) is 2.98. The average molecular weight is 504 g/mol. The Labute approximate surface area is 218 Å². The first-order valence-electron chi connectivity index (χ1n) is 12.5. The molecule has 37 heavy (non-hydrogen) atoms. The van der Waals surface area contributed by atoms with Crippen LogP contribution in [0.4, 0.5) is 0 Å². The van der Waals surface area contributed by atoms with Crippen molar-refractivity contribution in [3.8, 4) is 0 Å². The maximum Gasteiger partial charge on any atom is 0.205 e. The van der Waals surface area contributed by atoms with Crippen LogP contribution in [0.25, 0.3) is 0 Å². The summed E-state index contributed by atoms with van der Waals surface area (Å²) in [6, 6.07) is 47.8. The summed E-state index contributed by atoms with van der Waals surface area (Å²) in [5.74, 6) is 0. The second-order valence-electron chi connectivity index (χ2n) is 9.15. The minimum Gasteiger partial charge on any atom is -0.379 e. The van der Waals surface area contributed by atoms with Gasteiger partial charge in [-0.25, -0.2) is 0 Å². The summed E-state index contributed by atoms with van der Waals surface area (Å²) in [6.45, 7) is 0. The Balaban J connectivity index is 1.72. The van der Waals surface area contributed by atoms with Crippen molar-refractivity contribution < 1.29 is 9.67 Å². The van der Waals surface area contributed by atoms with E-state index in [-0.39, 0.29) is 0 Å². The van der Waals surface area contributed by atoms with Crippen molar-refractivity contribution >= 4 is 17.9 Å². The summed E-state index contributed by atoms with van der Waals surface area (Å²) in [5, 5.41) is 17.7. The minimum absolute atomic E-state index is 0.463. The smallest absolute Gasteiger partial charge is 0.205 e. The molecular weight excluding hydrogens is 473 g/mol. The van der Waals surface area contributed by atoms with Gasteiger partial charge in [0.05, 0.1) is 6.04 Å². The van der Waals surface area contributed by atoms with Gasteiger partial charge in [-0.2, -0.15) is 0 Å². The van der Waals surface area contributed by atoms with Gasteiger partial charge in [0.2, 0.25) is 7.29 Å². The lowest BCUT2D eigenvalue weighted by Gasteiger charge is -2.40. The van der Waals surface area contributed by atoms with Crippen LogP contribution in [0, 0.1) is 0 Å². The van der Waals surface area contributed by atoms with Gasteiger partial charge in [0, 0.05) is 10.6 Å². The minimum atomic E-state index is -3.36. The number of hydrogen-bond acceptors (Lipinski definition) is 2. The highest BCUT2D eigenvalue weighted by Crippen LogP contribution is 2.44. The largest absolute Gasteiger partial charge is 0.379 e. The summed E-state index contributed by atoms with van der Waals surface area (Å²) in [7, 11) is -3.36. The molecule has 4 heteroatoms. The predicted molar refractivity (Wildman–Crippen MR) is 153 cm³/mol. The standard InChI is InChI=1S/C33H30NO2P/c35-33(28-18-8-2-9-19-28,29-20-10-3-11-21-29)32(26-27-16-6-1-7-17-27)34-37(36,30-22-12-4-13-23-30)31-24-14-5-15-25-31/h1-25,32,35H,26H2,(H,34,36). The maximum atomic E-state index is 15.1. The third-order valence-electron chi connectivity index (χ3n) is 6.79. The molecule has 0 radical (unpaired) electrons. The van der Waals surface area contributed by atoms with Crippen LogP contribution in [0.15, 0.2) is 152 Å². The van der Waals surface area contributed by atoms with Crippen LogP contribution in [0.3, 0.4) is 0 Å². The van der Waals surface area contributed by atoms with E-state index in [0.29, 0.717) is 17.0 Å². The molecule has 0 saturated carbocycles. The molecule has 0 aliphatic heterocycles. The summed E-state index contributed by atoms with van der Waals surface area (Å²) >= 11 is 0. The van der Waals surface area contributed by atoms with E-state index < -0.39 is 18.9 Å². The van der Waals surface area contributed by atoms with E-state index in [1.165, 1.54) is 0 Å². The van der Waals surface area contributed by atoms with Gasteiger partial charge < -0.3 is 5.11 Å². The van der Waals surface area contributed by atoms with Gasteiger partial charge >= 0.3 is 0 Å². The Kier molecular flexibility index (Phi) is 7.48. The number of hydrogen-bond donors (Lipinski definition) is 2. The summed E-state index contributed by atoms with van der Waals surface area (Å²) in [5.41, 5.74) is 1.06. The zero-order valence-corrected chi connectivity index (χ0v) is 21.4. The molecule has 0 spiro atoms. The molecule has 5 rings (SSSR count). The second kappa shape index (κ2) is 11.1. The fourth-order valence-corrected chi connectivity index (χ4v) is 7.38. The second-order valence-corrected chi connectivity index (χ2v) is 11.7. The maximum absolute atomic E-state index is 15.1. The molecule has 5 aromatic carbocycles. The van der Waals surface area contributed by atoms with Crippen LogP contribution >= 0.6 is 7.29 Å². The molecule has 0 saturated heterocycles. The van der Waals surface area contributed by atoms with E-state index in [9.17, 15) is 5.11 Å². The quantitative estimate of drug-likeness (QED) is 0.241. The van der Waals surface area contributed by atoms with Crippen LogP contribution in [0.5, 0.6) is 0 Å². The highest BCUT2D eigenvalue weighted by molar-refractivity contribution is 7.76. The third-order valence-corrected chi connectivity index (χ3v) is 9.52. The number of aliphatic hydroxyl groups is 1. The normalized spacial score (nSPS) is 12.7. The molecule has 1 unspecified atom stereocenters. The van der Waals surface area contributed by atoms with Gasteiger partial charge in [-0.3, -0.25) is 9.65 Å². The summed E-state index contributed by atoms with van der Waals surface area (Å²) < 4.78 is 15.1. The molecule has 1 atom stereocenters. The van der Waals surface area contributed by atoms with Crippen LogP contribution in [0.1, 0.15) is 16.7 Å². The van der Waals surface area contributed by atoms with Crippen molar-refractivity contribution in [3.63, 3.8) is 0 Å². The monoisotopic (exact) mass is 503 g/mol. The van der Waals surface area contributed by atoms with Crippen molar-refractivity contribution in [2.45, 2.75) is 18.1 Å². The Morgan fingerprint density at radius 3 is 1.32 bits per heavy atom. The van der Waals surface area contributed by atoms with Crippen molar-refractivity contribution in [1.82, 2.24) is 5.09 Å². The Bertz CT molecular complexity index is 1360.